The zero-order valence-corrected chi connectivity index (χ0v) is 24.5. The quantitative estimate of drug-likeness (QED) is 0.295. The number of hydrogen-bond acceptors (Lipinski definition) is 8. The zero-order chi connectivity index (χ0) is 30.9. The number of nitrogens with two attached hydrogens (primary N) is 1. The van der Waals surface area contributed by atoms with Crippen molar-refractivity contribution < 1.29 is 37.4 Å². The monoisotopic (exact) mass is 607 g/mol. The van der Waals surface area contributed by atoms with Gasteiger partial charge in [0.1, 0.15) is 6.04 Å². The van der Waals surface area contributed by atoms with Crippen LogP contribution in [0.5, 0.6) is 11.5 Å². The molecule has 4 N–H and O–H groups in total. The third-order valence-electron chi connectivity index (χ3n) is 7.95. The van der Waals surface area contributed by atoms with Crippen LogP contribution in [0.15, 0.2) is 71.6 Å². The highest BCUT2D eigenvalue weighted by Crippen LogP contribution is 2.44. The molecular weight excluding hydrogens is 574 g/mol. The Morgan fingerprint density at radius 3 is 2.33 bits per heavy atom. The number of carbonyl (C=O) groups excluding carboxylic acids is 2. The summed E-state index contributed by atoms with van der Waals surface area (Å²) in [5, 5.41) is 12.9. The Morgan fingerprint density at radius 1 is 0.953 bits per heavy atom. The number of nitrogens with one attached hydrogen (secondary N) is 1. The van der Waals surface area contributed by atoms with Crippen molar-refractivity contribution in [2.75, 3.05) is 26.1 Å². The highest BCUT2D eigenvalue weighted by molar-refractivity contribution is 7.92. The van der Waals surface area contributed by atoms with Crippen LogP contribution < -0.4 is 20.5 Å². The molecule has 0 aromatic heterocycles. The lowest BCUT2D eigenvalue weighted by molar-refractivity contribution is -0.143. The highest BCUT2D eigenvalue weighted by Gasteiger charge is 2.47. The van der Waals surface area contributed by atoms with Gasteiger partial charge in [-0.05, 0) is 66.8 Å². The number of benzene rings is 3. The van der Waals surface area contributed by atoms with Gasteiger partial charge in [0.05, 0.1) is 36.3 Å². The Balaban J connectivity index is 1.61. The normalized spacial score (nSPS) is 19.0. The van der Waals surface area contributed by atoms with E-state index in [4.69, 9.17) is 15.2 Å². The van der Waals surface area contributed by atoms with E-state index < -0.39 is 50.9 Å². The fraction of sp³-hybridized carbons (Fsp3) is 0.323. The topological polar surface area (TPSA) is 165 Å². The molecule has 3 aromatic carbocycles. The Kier molecular flexibility index (Phi) is 8.32. The number of amides is 2. The molecule has 3 atom stereocenters. The van der Waals surface area contributed by atoms with E-state index in [2.05, 4.69) is 5.32 Å². The predicted octanol–water partition coefficient (Wildman–Crippen LogP) is 3.57. The summed E-state index contributed by atoms with van der Waals surface area (Å²) in [5.41, 5.74) is 6.89. The van der Waals surface area contributed by atoms with Gasteiger partial charge in [0.15, 0.2) is 21.3 Å². The number of primary amides is 1. The van der Waals surface area contributed by atoms with E-state index in [-0.39, 0.29) is 29.0 Å². The summed E-state index contributed by atoms with van der Waals surface area (Å²) in [4.78, 5) is 40.4. The van der Waals surface area contributed by atoms with Gasteiger partial charge >= 0.3 is 5.97 Å². The number of carboxylic acid groups (broad SMARTS) is 1. The minimum atomic E-state index is -3.70. The lowest BCUT2D eigenvalue weighted by Gasteiger charge is -2.32. The molecule has 2 aliphatic rings. The van der Waals surface area contributed by atoms with Crippen molar-refractivity contribution in [2.45, 2.75) is 41.5 Å². The number of sulfone groups is 1. The van der Waals surface area contributed by atoms with E-state index >= 15 is 0 Å². The molecular formula is C31H33N3O8S. The van der Waals surface area contributed by atoms with E-state index in [1.807, 2.05) is 0 Å². The minimum absolute atomic E-state index is 0.0539. The smallest absolute Gasteiger partial charge is 0.309 e. The number of methoxy groups -OCH3 is 2. The molecule has 1 heterocycles. The average Bonchev–Trinajstić information content (AvgIpc) is 3.78. The Bertz CT molecular complexity index is 1670. The van der Waals surface area contributed by atoms with E-state index in [9.17, 15) is 27.9 Å². The first-order valence-electron chi connectivity index (χ1n) is 13.8. The third kappa shape index (κ3) is 5.87. The number of anilines is 1. The van der Waals surface area contributed by atoms with E-state index in [0.717, 1.165) is 0 Å². The lowest BCUT2D eigenvalue weighted by Crippen LogP contribution is -2.40. The van der Waals surface area contributed by atoms with Gasteiger partial charge in [0, 0.05) is 17.8 Å². The molecule has 1 saturated carbocycles. The van der Waals surface area contributed by atoms with Crippen molar-refractivity contribution in [1.29, 1.82) is 0 Å². The van der Waals surface area contributed by atoms with Crippen LogP contribution >= 0.6 is 0 Å². The largest absolute Gasteiger partial charge is 0.493 e. The van der Waals surface area contributed by atoms with E-state index in [1.54, 1.807) is 54.6 Å². The van der Waals surface area contributed by atoms with Crippen LogP contribution in [0, 0.1) is 5.92 Å². The molecule has 1 aliphatic heterocycles. The van der Waals surface area contributed by atoms with Crippen molar-refractivity contribution in [3.8, 4) is 11.5 Å². The summed E-state index contributed by atoms with van der Waals surface area (Å²) >= 11 is 0. The maximum Gasteiger partial charge on any atom is 0.309 e. The van der Waals surface area contributed by atoms with Gasteiger partial charge in [-0.2, -0.15) is 0 Å². The van der Waals surface area contributed by atoms with Gasteiger partial charge in [-0.1, -0.05) is 30.3 Å². The summed E-state index contributed by atoms with van der Waals surface area (Å²) in [6.07, 6.45) is 1.23. The standard InChI is InChI=1S/C31H33N3O8S/c1-41-24-13-10-18(17-25(24)42-2)27(33-20-7-5-6-19(16-20)29(32)35)30(36)34-15-14-23(31(37)38)28(34)22-8-3-4-9-26(22)43(39,40)21-11-12-21/h3-10,13,16-17,21,23,27-28,33H,11-12,14-15H2,1-2H3,(H2,32,35)(H,37,38)/t23-,27+,28-/m0/s1. The van der Waals surface area contributed by atoms with Gasteiger partial charge in [-0.3, -0.25) is 14.4 Å². The Morgan fingerprint density at radius 2 is 1.67 bits per heavy atom. The summed E-state index contributed by atoms with van der Waals surface area (Å²) in [7, 11) is -0.750. The van der Waals surface area contributed by atoms with Gasteiger partial charge in [-0.15, -0.1) is 0 Å². The minimum Gasteiger partial charge on any atom is -0.493 e. The molecule has 226 valence electrons. The maximum atomic E-state index is 14.5. The maximum absolute atomic E-state index is 14.5. The fourth-order valence-corrected chi connectivity index (χ4v) is 7.54. The van der Waals surface area contributed by atoms with Gasteiger partial charge in [0.2, 0.25) is 11.8 Å². The van der Waals surface area contributed by atoms with Gasteiger partial charge < -0.3 is 30.5 Å². The third-order valence-corrected chi connectivity index (χ3v) is 10.3. The van der Waals surface area contributed by atoms with E-state index in [0.29, 0.717) is 35.6 Å². The lowest BCUT2D eigenvalue weighted by atomic mass is 9.93. The Hall–Kier alpha value is -4.58. The zero-order valence-electron chi connectivity index (χ0n) is 23.7. The van der Waals surface area contributed by atoms with Crippen molar-refractivity contribution in [3.63, 3.8) is 0 Å². The molecule has 2 amide bonds. The van der Waals surface area contributed by atoms with Crippen molar-refractivity contribution in [2.24, 2.45) is 11.7 Å². The summed E-state index contributed by atoms with van der Waals surface area (Å²) in [6.45, 7) is 0.0884. The molecule has 0 bridgehead atoms. The number of ether oxygens (including phenoxy) is 2. The second kappa shape index (κ2) is 12.0. The fourth-order valence-electron chi connectivity index (χ4n) is 5.64. The second-order valence-corrected chi connectivity index (χ2v) is 12.8. The highest BCUT2D eigenvalue weighted by atomic mass is 32.2. The molecule has 1 saturated heterocycles. The molecule has 0 spiro atoms. The first-order chi connectivity index (χ1) is 20.6. The molecule has 11 nitrogen and oxygen atoms in total. The second-order valence-electron chi connectivity index (χ2n) is 10.6. The number of hydrogen-bond donors (Lipinski definition) is 3. The average molecular weight is 608 g/mol. The van der Waals surface area contributed by atoms with Crippen molar-refractivity contribution >= 4 is 33.3 Å². The Labute approximate surface area is 249 Å². The van der Waals surface area contributed by atoms with Crippen LogP contribution in [-0.4, -0.2) is 62.2 Å². The van der Waals surface area contributed by atoms with Crippen LogP contribution in [0.4, 0.5) is 5.69 Å². The van der Waals surface area contributed by atoms with Crippen molar-refractivity contribution in [1.82, 2.24) is 4.90 Å². The molecule has 1 aliphatic carbocycles. The summed E-state index contributed by atoms with van der Waals surface area (Å²) in [5.74, 6) is -2.46. The summed E-state index contributed by atoms with van der Waals surface area (Å²) in [6, 6.07) is 15.6. The number of rotatable bonds is 11. The van der Waals surface area contributed by atoms with Crippen LogP contribution in [0.25, 0.3) is 0 Å². The van der Waals surface area contributed by atoms with Crippen LogP contribution in [0.1, 0.15) is 52.8 Å². The molecule has 2 fully saturated rings. The molecule has 43 heavy (non-hydrogen) atoms. The van der Waals surface area contributed by atoms with E-state index in [1.165, 1.54) is 31.3 Å². The van der Waals surface area contributed by atoms with Gasteiger partial charge in [-0.25, -0.2) is 8.42 Å². The van der Waals surface area contributed by atoms with Crippen LogP contribution in [0.2, 0.25) is 0 Å². The SMILES string of the molecule is COc1ccc([C@@H](Nc2cccc(C(N)=O)c2)C(=O)N2CC[C@H](C(=O)O)[C@@H]2c2ccccc2S(=O)(=O)C2CC2)cc1OC. The number of likely N-dealkylation sites (tertiary alicyclic amines) is 1. The first-order valence-corrected chi connectivity index (χ1v) is 15.4. The first kappa shape index (κ1) is 29.9. The summed E-state index contributed by atoms with van der Waals surface area (Å²) < 4.78 is 37.7. The number of carbonyl (C=O) groups is 3. The van der Waals surface area contributed by atoms with Crippen LogP contribution in [0.3, 0.4) is 0 Å². The van der Waals surface area contributed by atoms with Gasteiger partial charge in [0.25, 0.3) is 0 Å². The van der Waals surface area contributed by atoms with Crippen molar-refractivity contribution in [3.05, 3.63) is 83.4 Å². The van der Waals surface area contributed by atoms with Crippen LogP contribution in [-0.2, 0) is 19.4 Å². The molecule has 12 heteroatoms. The molecule has 3 aromatic rings. The molecule has 0 radical (unpaired) electrons. The molecule has 5 rings (SSSR count). The number of carboxylic acids is 1. The number of aliphatic carboxylic acids is 1. The predicted molar refractivity (Wildman–Crippen MR) is 158 cm³/mol. The molecule has 0 unspecified atom stereocenters. The number of nitrogens with zero attached hydrogens (tertiary/aromatic N) is 1.